The van der Waals surface area contributed by atoms with Crippen LogP contribution >= 0.6 is 11.8 Å². The number of benzene rings is 1. The molecule has 0 unspecified atom stereocenters. The molecule has 0 saturated carbocycles. The smallest absolute Gasteiger partial charge is 0.257 e. The molecule has 0 aliphatic rings. The summed E-state index contributed by atoms with van der Waals surface area (Å²) < 4.78 is 4.97. The molecule has 0 atom stereocenters. The maximum absolute atomic E-state index is 11.5. The van der Waals surface area contributed by atoms with Crippen LogP contribution in [0.15, 0.2) is 24.3 Å². The van der Waals surface area contributed by atoms with Gasteiger partial charge in [-0.1, -0.05) is 0 Å². The molecule has 0 aliphatic heterocycles. The van der Waals surface area contributed by atoms with E-state index in [1.807, 2.05) is 0 Å². The lowest BCUT2D eigenvalue weighted by Crippen LogP contribution is -2.31. The van der Waals surface area contributed by atoms with E-state index in [1.54, 1.807) is 37.6 Å². The highest BCUT2D eigenvalue weighted by Gasteiger charge is 2.09. The van der Waals surface area contributed by atoms with E-state index in [2.05, 4.69) is 5.32 Å². The number of carbonyl (C=O) groups excluding carboxylic acids is 2. The first kappa shape index (κ1) is 12.6. The second-order valence-corrected chi connectivity index (χ2v) is 3.90. The Bertz CT molecular complexity index is 375. The van der Waals surface area contributed by atoms with Gasteiger partial charge in [0, 0.05) is 5.56 Å². The van der Waals surface area contributed by atoms with Crippen LogP contribution in [0.3, 0.4) is 0 Å². The minimum atomic E-state index is -0.387. The number of amides is 2. The van der Waals surface area contributed by atoms with Crippen LogP contribution in [-0.4, -0.2) is 30.9 Å². The molecule has 1 aromatic carbocycles. The van der Waals surface area contributed by atoms with E-state index in [0.717, 1.165) is 0 Å². The maximum Gasteiger partial charge on any atom is 0.257 e. The van der Waals surface area contributed by atoms with E-state index < -0.39 is 0 Å². The number of carbonyl (C=O) groups is 2. The monoisotopic (exact) mass is 239 g/mol. The van der Waals surface area contributed by atoms with E-state index in [0.29, 0.717) is 11.3 Å². The molecule has 1 aromatic rings. The molecule has 2 amide bonds. The van der Waals surface area contributed by atoms with Crippen molar-refractivity contribution in [3.8, 4) is 5.75 Å². The van der Waals surface area contributed by atoms with Gasteiger partial charge in [-0.05, 0) is 30.5 Å². The van der Waals surface area contributed by atoms with Crippen molar-refractivity contribution < 1.29 is 14.3 Å². The standard InChI is InChI=1S/C11H13NO3S/c1-15-9-5-3-8(4-6-9)11(14)12-10(13)7-16-2/h3-6H,7H2,1-2H3,(H,12,13,14). The Balaban J connectivity index is 2.62. The van der Waals surface area contributed by atoms with E-state index in [4.69, 9.17) is 4.74 Å². The van der Waals surface area contributed by atoms with Gasteiger partial charge in [-0.3, -0.25) is 14.9 Å². The third kappa shape index (κ3) is 3.58. The first-order chi connectivity index (χ1) is 7.67. The number of methoxy groups -OCH3 is 1. The zero-order chi connectivity index (χ0) is 12.0. The molecule has 0 heterocycles. The molecule has 0 spiro atoms. The Kier molecular flexibility index (Phi) is 4.85. The quantitative estimate of drug-likeness (QED) is 0.860. The highest BCUT2D eigenvalue weighted by Crippen LogP contribution is 2.10. The van der Waals surface area contributed by atoms with E-state index in [9.17, 15) is 9.59 Å². The lowest BCUT2D eigenvalue weighted by Gasteiger charge is -2.04. The molecule has 0 aromatic heterocycles. The van der Waals surface area contributed by atoms with Crippen LogP contribution in [0.1, 0.15) is 10.4 Å². The lowest BCUT2D eigenvalue weighted by atomic mass is 10.2. The largest absolute Gasteiger partial charge is 0.497 e. The van der Waals surface area contributed by atoms with E-state index >= 15 is 0 Å². The van der Waals surface area contributed by atoms with Crippen molar-refractivity contribution in [2.24, 2.45) is 0 Å². The van der Waals surface area contributed by atoms with Crippen LogP contribution in [0, 0.1) is 0 Å². The lowest BCUT2D eigenvalue weighted by molar-refractivity contribution is -0.117. The third-order valence-corrected chi connectivity index (χ3v) is 2.43. The maximum atomic E-state index is 11.5. The molecule has 0 fully saturated rings. The van der Waals surface area contributed by atoms with Crippen LogP contribution in [0.25, 0.3) is 0 Å². The molecule has 0 aliphatic carbocycles. The van der Waals surface area contributed by atoms with Gasteiger partial charge in [-0.15, -0.1) is 0 Å². The minimum Gasteiger partial charge on any atom is -0.497 e. The van der Waals surface area contributed by atoms with Gasteiger partial charge in [0.2, 0.25) is 5.91 Å². The molecule has 16 heavy (non-hydrogen) atoms. The van der Waals surface area contributed by atoms with Gasteiger partial charge in [0.1, 0.15) is 5.75 Å². The fourth-order valence-electron chi connectivity index (χ4n) is 1.11. The highest BCUT2D eigenvalue weighted by molar-refractivity contribution is 7.99. The molecule has 0 bridgehead atoms. The van der Waals surface area contributed by atoms with E-state index in [1.165, 1.54) is 11.8 Å². The first-order valence-corrected chi connectivity index (χ1v) is 6.04. The summed E-state index contributed by atoms with van der Waals surface area (Å²) in [5.41, 5.74) is 0.440. The van der Waals surface area contributed by atoms with Gasteiger partial charge in [0.15, 0.2) is 0 Å². The summed E-state index contributed by atoms with van der Waals surface area (Å²) in [7, 11) is 1.55. The Morgan fingerprint density at radius 1 is 1.31 bits per heavy atom. The number of nitrogens with one attached hydrogen (secondary N) is 1. The fourth-order valence-corrected chi connectivity index (χ4v) is 1.44. The van der Waals surface area contributed by atoms with Crippen molar-refractivity contribution in [3.05, 3.63) is 29.8 Å². The number of imide groups is 1. The number of rotatable bonds is 4. The number of ether oxygens (including phenoxy) is 1. The molecule has 0 radical (unpaired) electrons. The van der Waals surface area contributed by atoms with Crippen molar-refractivity contribution in [3.63, 3.8) is 0 Å². The SMILES string of the molecule is COc1ccc(C(=O)NC(=O)CSC)cc1. The second kappa shape index (κ2) is 6.17. The Labute approximate surface area is 98.4 Å². The van der Waals surface area contributed by atoms with Gasteiger partial charge in [0.05, 0.1) is 12.9 Å². The van der Waals surface area contributed by atoms with Crippen LogP contribution in [0.5, 0.6) is 5.75 Å². The predicted molar refractivity (Wildman–Crippen MR) is 63.8 cm³/mol. The van der Waals surface area contributed by atoms with Crippen molar-refractivity contribution in [1.82, 2.24) is 5.32 Å². The highest BCUT2D eigenvalue weighted by atomic mass is 32.2. The zero-order valence-electron chi connectivity index (χ0n) is 9.15. The fraction of sp³-hybridized carbons (Fsp3) is 0.273. The average Bonchev–Trinajstić information content (AvgIpc) is 2.29. The van der Waals surface area contributed by atoms with Crippen molar-refractivity contribution in [1.29, 1.82) is 0 Å². The Morgan fingerprint density at radius 3 is 2.44 bits per heavy atom. The number of hydrogen-bond donors (Lipinski definition) is 1. The van der Waals surface area contributed by atoms with Crippen molar-refractivity contribution in [2.45, 2.75) is 0 Å². The minimum absolute atomic E-state index is 0.280. The van der Waals surface area contributed by atoms with Crippen LogP contribution in [-0.2, 0) is 4.79 Å². The number of hydrogen-bond acceptors (Lipinski definition) is 4. The van der Waals surface area contributed by atoms with Crippen LogP contribution in [0.4, 0.5) is 0 Å². The summed E-state index contributed by atoms with van der Waals surface area (Å²) in [5.74, 6) is 0.282. The Hall–Kier alpha value is -1.49. The summed E-state index contributed by atoms with van der Waals surface area (Å²) in [6.45, 7) is 0. The zero-order valence-corrected chi connectivity index (χ0v) is 9.97. The first-order valence-electron chi connectivity index (χ1n) is 4.64. The molecule has 86 valence electrons. The summed E-state index contributed by atoms with van der Waals surface area (Å²) in [6, 6.07) is 6.57. The normalized spacial score (nSPS) is 9.62. The summed E-state index contributed by atoms with van der Waals surface area (Å²) >= 11 is 1.37. The van der Waals surface area contributed by atoms with E-state index in [-0.39, 0.29) is 17.6 Å². The summed E-state index contributed by atoms with van der Waals surface area (Å²) in [6.07, 6.45) is 1.80. The predicted octanol–water partition coefficient (Wildman–Crippen LogP) is 1.31. The van der Waals surface area contributed by atoms with Crippen molar-refractivity contribution in [2.75, 3.05) is 19.1 Å². The Morgan fingerprint density at radius 2 is 1.94 bits per heavy atom. The number of thioether (sulfide) groups is 1. The molecule has 1 rings (SSSR count). The topological polar surface area (TPSA) is 55.4 Å². The summed E-state index contributed by atoms with van der Waals surface area (Å²) in [4.78, 5) is 22.7. The van der Waals surface area contributed by atoms with Gasteiger partial charge in [0.25, 0.3) is 5.91 Å². The second-order valence-electron chi connectivity index (χ2n) is 3.04. The van der Waals surface area contributed by atoms with Gasteiger partial charge in [-0.25, -0.2) is 0 Å². The molecule has 0 saturated heterocycles. The average molecular weight is 239 g/mol. The van der Waals surface area contributed by atoms with Crippen molar-refractivity contribution >= 4 is 23.6 Å². The van der Waals surface area contributed by atoms with Gasteiger partial charge < -0.3 is 4.74 Å². The third-order valence-electron chi connectivity index (χ3n) is 1.88. The van der Waals surface area contributed by atoms with Gasteiger partial charge >= 0.3 is 0 Å². The molecular weight excluding hydrogens is 226 g/mol. The van der Waals surface area contributed by atoms with Crippen LogP contribution < -0.4 is 10.1 Å². The molecule has 5 heteroatoms. The molecule has 4 nitrogen and oxygen atoms in total. The van der Waals surface area contributed by atoms with Gasteiger partial charge in [-0.2, -0.15) is 11.8 Å². The van der Waals surface area contributed by atoms with Crippen LogP contribution in [0.2, 0.25) is 0 Å². The molecular formula is C11H13NO3S. The molecule has 1 N–H and O–H groups in total. The summed E-state index contributed by atoms with van der Waals surface area (Å²) in [5, 5.41) is 2.30.